The van der Waals surface area contributed by atoms with Gasteiger partial charge in [0.15, 0.2) is 0 Å². The van der Waals surface area contributed by atoms with E-state index in [1.807, 2.05) is 18.2 Å². The number of imidazole rings is 1. The molecule has 5 rings (SSSR count). The number of hydrogen-bond donors (Lipinski definition) is 2. The van der Waals surface area contributed by atoms with Crippen molar-refractivity contribution in [3.8, 4) is 28.3 Å². The molecule has 37 heavy (non-hydrogen) atoms. The van der Waals surface area contributed by atoms with Crippen molar-refractivity contribution in [1.29, 1.82) is 0 Å². The monoisotopic (exact) mass is 530 g/mol. The summed E-state index contributed by atoms with van der Waals surface area (Å²) in [5.74, 6) is 0.385. The fraction of sp³-hybridized carbons (Fsp3) is 0.269. The van der Waals surface area contributed by atoms with Crippen LogP contribution in [0.3, 0.4) is 0 Å². The van der Waals surface area contributed by atoms with Gasteiger partial charge in [0.1, 0.15) is 17.4 Å². The molecule has 0 amide bonds. The second-order valence-electron chi connectivity index (χ2n) is 8.94. The number of carboxylic acid groups (broad SMARTS) is 1. The van der Waals surface area contributed by atoms with Crippen LogP contribution in [0.5, 0.6) is 5.75 Å². The number of piperidine rings is 1. The van der Waals surface area contributed by atoms with E-state index in [0.29, 0.717) is 27.4 Å². The van der Waals surface area contributed by atoms with E-state index in [4.69, 9.17) is 16.7 Å². The number of H-pyrrole nitrogens is 1. The number of rotatable bonds is 6. The summed E-state index contributed by atoms with van der Waals surface area (Å²) in [6.07, 6.45) is -1.15. The topological polar surface area (TPSA) is 91.3 Å². The SMILES string of the molecule is O=C(O)CC1CCN(c2ccc(-c3ccc(-c4nc5ccc(OC(F)(F)F)cc5[nH]4)c(Cl)c3)cn2)CC1. The van der Waals surface area contributed by atoms with Crippen LogP contribution in [0.1, 0.15) is 19.3 Å². The summed E-state index contributed by atoms with van der Waals surface area (Å²) in [6, 6.07) is 13.2. The Balaban J connectivity index is 1.30. The fourth-order valence-corrected chi connectivity index (χ4v) is 4.83. The number of aromatic nitrogens is 3. The number of alkyl halides is 3. The van der Waals surface area contributed by atoms with Crippen molar-refractivity contribution < 1.29 is 27.8 Å². The average Bonchev–Trinajstić information content (AvgIpc) is 3.26. The number of carbonyl (C=O) groups is 1. The normalized spacial score (nSPS) is 14.8. The standard InChI is InChI=1S/C26H22ClF3N4O3/c27-20-12-16(17-2-6-23(31-14-17)34-9-7-15(8-10-34)11-24(35)36)1-4-19(20)25-32-21-5-3-18(13-22(21)33-25)37-26(28,29)30/h1-6,12-15H,7-11H2,(H,32,33)(H,35,36). The maximum absolute atomic E-state index is 12.5. The van der Waals surface area contributed by atoms with Gasteiger partial charge in [0.05, 0.1) is 16.1 Å². The van der Waals surface area contributed by atoms with Crippen LogP contribution in [0.15, 0.2) is 54.7 Å². The Morgan fingerprint density at radius 1 is 1.11 bits per heavy atom. The number of ether oxygens (including phenoxy) is 1. The molecule has 2 aromatic heterocycles. The van der Waals surface area contributed by atoms with Gasteiger partial charge in [-0.15, -0.1) is 13.2 Å². The first-order valence-electron chi connectivity index (χ1n) is 11.6. The lowest BCUT2D eigenvalue weighted by molar-refractivity contribution is -0.274. The zero-order valence-corrected chi connectivity index (χ0v) is 20.2. The van der Waals surface area contributed by atoms with Crippen LogP contribution in [0.25, 0.3) is 33.5 Å². The number of halogens is 4. The minimum atomic E-state index is -4.78. The molecule has 1 saturated heterocycles. The highest BCUT2D eigenvalue weighted by Gasteiger charge is 2.31. The number of anilines is 1. The van der Waals surface area contributed by atoms with Gasteiger partial charge in [-0.2, -0.15) is 0 Å². The first kappa shape index (κ1) is 24.9. The minimum Gasteiger partial charge on any atom is -0.481 e. The maximum atomic E-state index is 12.5. The molecule has 0 aliphatic carbocycles. The van der Waals surface area contributed by atoms with E-state index in [0.717, 1.165) is 42.9 Å². The van der Waals surface area contributed by atoms with Crippen LogP contribution in [-0.4, -0.2) is 45.5 Å². The third-order valence-corrected chi connectivity index (χ3v) is 6.71. The van der Waals surface area contributed by atoms with Crippen molar-refractivity contribution >= 4 is 34.4 Å². The Bertz CT molecular complexity index is 1430. The van der Waals surface area contributed by atoms with Crippen molar-refractivity contribution in [3.05, 3.63) is 59.8 Å². The second kappa shape index (κ2) is 9.93. The third-order valence-electron chi connectivity index (χ3n) is 6.39. The number of nitrogens with zero attached hydrogens (tertiary/aromatic N) is 3. The van der Waals surface area contributed by atoms with E-state index < -0.39 is 12.3 Å². The number of pyridine rings is 1. The van der Waals surface area contributed by atoms with Gasteiger partial charge in [-0.25, -0.2) is 9.97 Å². The highest BCUT2D eigenvalue weighted by Crippen LogP contribution is 2.34. The molecule has 0 unspecified atom stereocenters. The molecule has 7 nitrogen and oxygen atoms in total. The van der Waals surface area contributed by atoms with Crippen LogP contribution in [0.2, 0.25) is 5.02 Å². The fourth-order valence-electron chi connectivity index (χ4n) is 4.56. The number of aliphatic carboxylic acids is 1. The zero-order chi connectivity index (χ0) is 26.2. The third kappa shape index (κ3) is 5.80. The Labute approximate surface area is 214 Å². The lowest BCUT2D eigenvalue weighted by Crippen LogP contribution is -2.34. The Morgan fingerprint density at radius 3 is 2.51 bits per heavy atom. The van der Waals surface area contributed by atoms with Crippen LogP contribution >= 0.6 is 11.6 Å². The predicted octanol–water partition coefficient (Wildman–Crippen LogP) is 6.54. The van der Waals surface area contributed by atoms with Crippen molar-refractivity contribution in [3.63, 3.8) is 0 Å². The minimum absolute atomic E-state index is 0.204. The first-order valence-corrected chi connectivity index (χ1v) is 12.0. The molecule has 192 valence electrons. The van der Waals surface area contributed by atoms with Gasteiger partial charge in [-0.1, -0.05) is 17.7 Å². The second-order valence-corrected chi connectivity index (χ2v) is 9.35. The number of hydrogen-bond acceptors (Lipinski definition) is 5. The molecule has 0 atom stereocenters. The Hall–Kier alpha value is -3.79. The smallest absolute Gasteiger partial charge is 0.481 e. The molecule has 1 aliphatic rings. The molecular weight excluding hydrogens is 509 g/mol. The van der Waals surface area contributed by atoms with Gasteiger partial charge in [0, 0.05) is 42.9 Å². The molecule has 0 radical (unpaired) electrons. The molecule has 0 saturated carbocycles. The first-order chi connectivity index (χ1) is 17.6. The van der Waals surface area contributed by atoms with Gasteiger partial charge in [0.25, 0.3) is 0 Å². The predicted molar refractivity (Wildman–Crippen MR) is 134 cm³/mol. The molecule has 1 fully saturated rings. The van der Waals surface area contributed by atoms with Crippen LogP contribution in [0.4, 0.5) is 19.0 Å². The summed E-state index contributed by atoms with van der Waals surface area (Å²) >= 11 is 6.56. The molecule has 11 heteroatoms. The van der Waals surface area contributed by atoms with Crippen LogP contribution in [-0.2, 0) is 4.79 Å². The summed E-state index contributed by atoms with van der Waals surface area (Å²) in [7, 11) is 0. The van der Waals surface area contributed by atoms with E-state index in [1.54, 1.807) is 18.3 Å². The number of nitrogens with one attached hydrogen (secondary N) is 1. The molecule has 1 aliphatic heterocycles. The van der Waals surface area contributed by atoms with Crippen molar-refractivity contribution in [2.75, 3.05) is 18.0 Å². The van der Waals surface area contributed by atoms with Crippen molar-refractivity contribution in [2.45, 2.75) is 25.6 Å². The average molecular weight is 531 g/mol. The highest BCUT2D eigenvalue weighted by atomic mass is 35.5. The summed E-state index contributed by atoms with van der Waals surface area (Å²) in [4.78, 5) is 25.1. The van der Waals surface area contributed by atoms with Gasteiger partial charge < -0.3 is 19.7 Å². The van der Waals surface area contributed by atoms with Gasteiger partial charge in [-0.05, 0) is 60.7 Å². The number of aromatic amines is 1. The molecule has 0 spiro atoms. The number of benzene rings is 2. The van der Waals surface area contributed by atoms with Gasteiger partial charge in [-0.3, -0.25) is 4.79 Å². The summed E-state index contributed by atoms with van der Waals surface area (Å²) in [5, 5.41) is 9.41. The van der Waals surface area contributed by atoms with E-state index in [1.165, 1.54) is 18.2 Å². The lowest BCUT2D eigenvalue weighted by atomic mass is 9.93. The van der Waals surface area contributed by atoms with Crippen LogP contribution < -0.4 is 9.64 Å². The summed E-state index contributed by atoms with van der Waals surface area (Å²) < 4.78 is 41.5. The number of fused-ring (bicyclic) bond motifs is 1. The molecule has 0 bridgehead atoms. The molecule has 2 aromatic carbocycles. The molecule has 2 N–H and O–H groups in total. The Kier molecular flexibility index (Phi) is 6.68. The maximum Gasteiger partial charge on any atom is 0.573 e. The highest BCUT2D eigenvalue weighted by molar-refractivity contribution is 6.33. The zero-order valence-electron chi connectivity index (χ0n) is 19.4. The lowest BCUT2D eigenvalue weighted by Gasteiger charge is -2.32. The quantitative estimate of drug-likeness (QED) is 0.294. The van der Waals surface area contributed by atoms with E-state index >= 15 is 0 Å². The van der Waals surface area contributed by atoms with Gasteiger partial charge >= 0.3 is 12.3 Å². The van der Waals surface area contributed by atoms with E-state index in [2.05, 4.69) is 24.6 Å². The van der Waals surface area contributed by atoms with Crippen molar-refractivity contribution in [2.24, 2.45) is 5.92 Å². The van der Waals surface area contributed by atoms with E-state index in [9.17, 15) is 18.0 Å². The molecular formula is C26H22ClF3N4O3. The molecule has 3 heterocycles. The Morgan fingerprint density at radius 2 is 1.86 bits per heavy atom. The van der Waals surface area contributed by atoms with Gasteiger partial charge in [0.2, 0.25) is 0 Å². The van der Waals surface area contributed by atoms with E-state index in [-0.39, 0.29) is 18.1 Å². The number of carboxylic acids is 1. The molecule has 4 aromatic rings. The summed E-state index contributed by atoms with van der Waals surface area (Å²) in [5.41, 5.74) is 3.20. The van der Waals surface area contributed by atoms with Crippen molar-refractivity contribution in [1.82, 2.24) is 15.0 Å². The summed E-state index contributed by atoms with van der Waals surface area (Å²) in [6.45, 7) is 1.54. The largest absolute Gasteiger partial charge is 0.573 e. The van der Waals surface area contributed by atoms with Crippen LogP contribution in [0, 0.1) is 5.92 Å².